The van der Waals surface area contributed by atoms with E-state index in [-0.39, 0.29) is 5.56 Å². The number of aromatic nitrogens is 1. The largest absolute Gasteiger partial charge is 0.426 e. The lowest BCUT2D eigenvalue weighted by molar-refractivity contribution is 0.504. The Labute approximate surface area is 122 Å². The van der Waals surface area contributed by atoms with Crippen molar-refractivity contribution in [3.63, 3.8) is 0 Å². The molecule has 0 unspecified atom stereocenters. The highest BCUT2D eigenvalue weighted by Gasteiger charge is 2.11. The fourth-order valence-electron chi connectivity index (χ4n) is 2.06. The molecule has 4 nitrogen and oxygen atoms in total. The normalized spacial score (nSPS) is 10.9. The third-order valence-corrected chi connectivity index (χ3v) is 3.56. The van der Waals surface area contributed by atoms with Gasteiger partial charge in [-0.1, -0.05) is 27.6 Å². The van der Waals surface area contributed by atoms with E-state index in [0.717, 1.165) is 14.6 Å². The first-order valence-corrected chi connectivity index (χ1v) is 6.78. The van der Waals surface area contributed by atoms with Crippen molar-refractivity contribution < 1.29 is 4.42 Å². The molecule has 0 radical (unpaired) electrons. The van der Waals surface area contributed by atoms with Crippen molar-refractivity contribution in [2.75, 3.05) is 0 Å². The van der Waals surface area contributed by atoms with Crippen molar-refractivity contribution in [2.45, 2.75) is 6.92 Å². The maximum absolute atomic E-state index is 12.5. The standard InChI is InChI=1S/C15H10BrNO3/c1-9-2-7-13-12(8-9)14(18)17(15(19)20-13)11-5-3-10(16)4-6-11/h2-8H,1H3. The van der Waals surface area contributed by atoms with Crippen molar-refractivity contribution in [1.82, 2.24) is 4.57 Å². The van der Waals surface area contributed by atoms with Crippen LogP contribution in [0.1, 0.15) is 5.56 Å². The van der Waals surface area contributed by atoms with Gasteiger partial charge in [0.1, 0.15) is 5.58 Å². The predicted octanol–water partition coefficient (Wildman–Crippen LogP) is 3.01. The zero-order valence-electron chi connectivity index (χ0n) is 10.6. The van der Waals surface area contributed by atoms with Gasteiger partial charge in [-0.25, -0.2) is 9.36 Å². The molecule has 0 amide bonds. The van der Waals surface area contributed by atoms with Gasteiger partial charge in [-0.3, -0.25) is 4.79 Å². The first-order valence-electron chi connectivity index (χ1n) is 5.99. The summed E-state index contributed by atoms with van der Waals surface area (Å²) in [4.78, 5) is 24.5. The molecule has 1 aromatic heterocycles. The number of aryl methyl sites for hydroxylation is 1. The Bertz CT molecular complexity index is 907. The Balaban J connectivity index is 2.39. The zero-order valence-corrected chi connectivity index (χ0v) is 12.2. The molecular formula is C15H10BrNO3. The minimum Gasteiger partial charge on any atom is -0.409 e. The van der Waals surface area contributed by atoms with Crippen molar-refractivity contribution in [3.05, 3.63) is 73.4 Å². The molecule has 2 aromatic carbocycles. The number of nitrogens with zero attached hydrogens (tertiary/aromatic N) is 1. The SMILES string of the molecule is Cc1ccc2oc(=O)n(-c3ccc(Br)cc3)c(=O)c2c1. The molecule has 0 aliphatic carbocycles. The molecule has 0 spiro atoms. The monoisotopic (exact) mass is 331 g/mol. The maximum atomic E-state index is 12.5. The Morgan fingerprint density at radius 2 is 1.75 bits per heavy atom. The number of fused-ring (bicyclic) bond motifs is 1. The highest BCUT2D eigenvalue weighted by molar-refractivity contribution is 9.10. The molecule has 3 rings (SSSR count). The van der Waals surface area contributed by atoms with Crippen LogP contribution in [0.15, 0.2) is 60.9 Å². The molecule has 5 heteroatoms. The van der Waals surface area contributed by atoms with Gasteiger partial charge in [0.05, 0.1) is 11.1 Å². The summed E-state index contributed by atoms with van der Waals surface area (Å²) in [7, 11) is 0. The second kappa shape index (κ2) is 4.76. The summed E-state index contributed by atoms with van der Waals surface area (Å²) >= 11 is 3.32. The van der Waals surface area contributed by atoms with Gasteiger partial charge in [0.25, 0.3) is 5.56 Å². The van der Waals surface area contributed by atoms with Crippen molar-refractivity contribution in [1.29, 1.82) is 0 Å². The second-order valence-corrected chi connectivity index (χ2v) is 5.40. The Kier molecular flexibility index (Phi) is 3.06. The van der Waals surface area contributed by atoms with E-state index in [1.54, 1.807) is 42.5 Å². The highest BCUT2D eigenvalue weighted by atomic mass is 79.9. The summed E-state index contributed by atoms with van der Waals surface area (Å²) in [6, 6.07) is 12.1. The molecule has 3 aromatic rings. The van der Waals surface area contributed by atoms with Gasteiger partial charge >= 0.3 is 5.76 Å². The first-order chi connectivity index (χ1) is 9.56. The van der Waals surface area contributed by atoms with Crippen LogP contribution in [-0.2, 0) is 0 Å². The average molecular weight is 332 g/mol. The average Bonchev–Trinajstić information content (AvgIpc) is 2.42. The van der Waals surface area contributed by atoms with Gasteiger partial charge in [-0.05, 0) is 43.3 Å². The van der Waals surface area contributed by atoms with Gasteiger partial charge in [0.2, 0.25) is 0 Å². The molecule has 0 N–H and O–H groups in total. The summed E-state index contributed by atoms with van der Waals surface area (Å²) in [5.41, 5.74) is 1.35. The van der Waals surface area contributed by atoms with E-state index in [1.165, 1.54) is 0 Å². The lowest BCUT2D eigenvalue weighted by atomic mass is 10.2. The topological polar surface area (TPSA) is 52.2 Å². The third-order valence-electron chi connectivity index (χ3n) is 3.03. The first kappa shape index (κ1) is 12.9. The summed E-state index contributed by atoms with van der Waals surface area (Å²) in [6.45, 7) is 1.88. The fraction of sp³-hybridized carbons (Fsp3) is 0.0667. The third kappa shape index (κ3) is 2.10. The molecular weight excluding hydrogens is 322 g/mol. The van der Waals surface area contributed by atoms with Crippen LogP contribution in [0.5, 0.6) is 0 Å². The minimum atomic E-state index is -0.686. The van der Waals surface area contributed by atoms with Crippen LogP contribution in [0.4, 0.5) is 0 Å². The van der Waals surface area contributed by atoms with E-state index >= 15 is 0 Å². The smallest absolute Gasteiger partial charge is 0.409 e. The molecule has 0 atom stereocenters. The van der Waals surface area contributed by atoms with Crippen LogP contribution in [0, 0.1) is 6.92 Å². The Morgan fingerprint density at radius 3 is 2.45 bits per heavy atom. The van der Waals surface area contributed by atoms with E-state index in [4.69, 9.17) is 4.42 Å². The molecule has 0 fully saturated rings. The van der Waals surface area contributed by atoms with E-state index in [2.05, 4.69) is 15.9 Å². The predicted molar refractivity (Wildman–Crippen MR) is 80.5 cm³/mol. The summed E-state index contributed by atoms with van der Waals surface area (Å²) in [6.07, 6.45) is 0. The summed E-state index contributed by atoms with van der Waals surface area (Å²) in [5.74, 6) is -0.686. The quantitative estimate of drug-likeness (QED) is 0.688. The Hall–Kier alpha value is -2.14. The van der Waals surface area contributed by atoms with Gasteiger partial charge in [-0.2, -0.15) is 0 Å². The van der Waals surface area contributed by atoms with Crippen molar-refractivity contribution in [3.8, 4) is 5.69 Å². The molecule has 0 aliphatic heterocycles. The summed E-state index contributed by atoms with van der Waals surface area (Å²) < 4.78 is 7.12. The van der Waals surface area contributed by atoms with Gasteiger partial charge in [0.15, 0.2) is 0 Å². The molecule has 0 saturated carbocycles. The van der Waals surface area contributed by atoms with Gasteiger partial charge < -0.3 is 4.42 Å². The number of hydrogen-bond acceptors (Lipinski definition) is 3. The fourth-order valence-corrected chi connectivity index (χ4v) is 2.32. The number of benzene rings is 2. The summed E-state index contributed by atoms with van der Waals surface area (Å²) in [5, 5.41) is 0.396. The molecule has 100 valence electrons. The lowest BCUT2D eigenvalue weighted by Gasteiger charge is -2.05. The second-order valence-electron chi connectivity index (χ2n) is 4.48. The van der Waals surface area contributed by atoms with Crippen LogP contribution in [0.25, 0.3) is 16.7 Å². The number of rotatable bonds is 1. The Morgan fingerprint density at radius 1 is 1.05 bits per heavy atom. The molecule has 0 aliphatic rings. The van der Waals surface area contributed by atoms with Crippen LogP contribution in [0.3, 0.4) is 0 Å². The van der Waals surface area contributed by atoms with Crippen molar-refractivity contribution in [2.24, 2.45) is 0 Å². The van der Waals surface area contributed by atoms with E-state index in [0.29, 0.717) is 16.7 Å². The van der Waals surface area contributed by atoms with Crippen molar-refractivity contribution >= 4 is 26.9 Å². The number of hydrogen-bond donors (Lipinski definition) is 0. The minimum absolute atomic E-state index is 0.305. The van der Waals surface area contributed by atoms with Crippen LogP contribution in [-0.4, -0.2) is 4.57 Å². The molecule has 1 heterocycles. The number of halogens is 1. The van der Waals surface area contributed by atoms with E-state index in [1.807, 2.05) is 6.92 Å². The molecule has 20 heavy (non-hydrogen) atoms. The highest BCUT2D eigenvalue weighted by Crippen LogP contribution is 2.14. The maximum Gasteiger partial charge on any atom is 0.426 e. The van der Waals surface area contributed by atoms with Crippen LogP contribution >= 0.6 is 15.9 Å². The molecule has 0 saturated heterocycles. The van der Waals surface area contributed by atoms with Crippen LogP contribution < -0.4 is 11.3 Å². The van der Waals surface area contributed by atoms with E-state index < -0.39 is 5.76 Å². The van der Waals surface area contributed by atoms with Crippen LogP contribution in [0.2, 0.25) is 0 Å². The molecule has 0 bridgehead atoms. The van der Waals surface area contributed by atoms with E-state index in [9.17, 15) is 9.59 Å². The van der Waals surface area contributed by atoms with Gasteiger partial charge in [-0.15, -0.1) is 0 Å². The van der Waals surface area contributed by atoms with Gasteiger partial charge in [0, 0.05) is 4.47 Å². The lowest BCUT2D eigenvalue weighted by Crippen LogP contribution is -2.30. The zero-order chi connectivity index (χ0) is 14.3.